The Balaban J connectivity index is 2.15. The monoisotopic (exact) mass is 274 g/mol. The first-order valence-corrected chi connectivity index (χ1v) is 7.05. The van der Waals surface area contributed by atoms with Crippen LogP contribution in [0.2, 0.25) is 0 Å². The van der Waals surface area contributed by atoms with Gasteiger partial charge >= 0.3 is 0 Å². The smallest absolute Gasteiger partial charge is 0.240 e. The van der Waals surface area contributed by atoms with Crippen molar-refractivity contribution in [1.29, 1.82) is 0 Å². The largest absolute Gasteiger partial charge is 0.353 e. The summed E-state index contributed by atoms with van der Waals surface area (Å²) in [5.41, 5.74) is 1.98. The number of anilines is 1. The third kappa shape index (κ3) is 2.69. The fourth-order valence-electron chi connectivity index (χ4n) is 2.33. The molecule has 1 aliphatic carbocycles. The van der Waals surface area contributed by atoms with Crippen LogP contribution in [-0.4, -0.2) is 17.9 Å². The lowest BCUT2D eigenvalue weighted by atomic mass is 10.0. The van der Waals surface area contributed by atoms with Crippen molar-refractivity contribution in [2.24, 2.45) is 5.41 Å². The van der Waals surface area contributed by atoms with Gasteiger partial charge in [-0.05, 0) is 51.7 Å². The molecule has 1 aromatic rings. The van der Waals surface area contributed by atoms with Gasteiger partial charge < -0.3 is 10.6 Å². The number of rotatable bonds is 4. The van der Waals surface area contributed by atoms with Crippen LogP contribution in [0.3, 0.4) is 0 Å². The zero-order valence-corrected chi connectivity index (χ0v) is 12.5. The molecule has 2 N–H and O–H groups in total. The zero-order valence-electron chi connectivity index (χ0n) is 12.5. The molecule has 1 saturated carbocycles. The number of para-hydroxylation sites is 1. The first kappa shape index (κ1) is 14.6. The van der Waals surface area contributed by atoms with E-state index in [1.807, 2.05) is 45.9 Å². The molecule has 2 rings (SSSR count). The Bertz CT molecular complexity index is 525. The Hall–Kier alpha value is -1.84. The third-order valence-electron chi connectivity index (χ3n) is 3.76. The molecule has 1 aromatic carbocycles. The topological polar surface area (TPSA) is 58.2 Å². The molecule has 0 aliphatic heterocycles. The summed E-state index contributed by atoms with van der Waals surface area (Å²) in [7, 11) is 0. The van der Waals surface area contributed by atoms with Gasteiger partial charge in [0.1, 0.15) is 5.41 Å². The summed E-state index contributed by atoms with van der Waals surface area (Å²) in [4.78, 5) is 24.6. The summed E-state index contributed by atoms with van der Waals surface area (Å²) in [5, 5.41) is 5.78. The highest BCUT2D eigenvalue weighted by Crippen LogP contribution is 2.47. The number of hydrogen-bond donors (Lipinski definition) is 2. The van der Waals surface area contributed by atoms with Crippen LogP contribution < -0.4 is 10.6 Å². The minimum absolute atomic E-state index is 0.0490. The van der Waals surface area contributed by atoms with Gasteiger partial charge in [-0.2, -0.15) is 0 Å². The Labute approximate surface area is 119 Å². The van der Waals surface area contributed by atoms with Crippen LogP contribution in [-0.2, 0) is 9.59 Å². The van der Waals surface area contributed by atoms with E-state index in [0.717, 1.165) is 16.8 Å². The first-order valence-electron chi connectivity index (χ1n) is 7.05. The minimum atomic E-state index is -0.862. The standard InChI is InChI=1S/C16H22N2O2/c1-10(2)17-14(19)16(8-9-16)15(20)18-13-11(3)6-5-7-12(13)4/h5-7,10H,8-9H2,1-4H3,(H,17,19)(H,18,20). The summed E-state index contributed by atoms with van der Waals surface area (Å²) < 4.78 is 0. The Morgan fingerprint density at radius 2 is 1.65 bits per heavy atom. The lowest BCUT2D eigenvalue weighted by molar-refractivity contribution is -0.134. The van der Waals surface area contributed by atoms with Crippen molar-refractivity contribution >= 4 is 17.5 Å². The molecule has 20 heavy (non-hydrogen) atoms. The summed E-state index contributed by atoms with van der Waals surface area (Å²) in [6, 6.07) is 5.92. The number of benzene rings is 1. The number of carbonyl (C=O) groups is 2. The molecule has 108 valence electrons. The highest BCUT2D eigenvalue weighted by Gasteiger charge is 2.56. The number of carbonyl (C=O) groups excluding carboxylic acids is 2. The highest BCUT2D eigenvalue weighted by molar-refractivity contribution is 6.13. The molecule has 0 unspecified atom stereocenters. The average molecular weight is 274 g/mol. The van der Waals surface area contributed by atoms with Crippen LogP contribution >= 0.6 is 0 Å². The fraction of sp³-hybridized carbons (Fsp3) is 0.500. The number of amides is 2. The van der Waals surface area contributed by atoms with Crippen molar-refractivity contribution in [3.63, 3.8) is 0 Å². The van der Waals surface area contributed by atoms with Gasteiger partial charge in [-0.15, -0.1) is 0 Å². The molecule has 1 aliphatic rings. The molecule has 0 bridgehead atoms. The SMILES string of the molecule is Cc1cccc(C)c1NC(=O)C1(C(=O)NC(C)C)CC1. The van der Waals surface area contributed by atoms with E-state index >= 15 is 0 Å². The number of aryl methyl sites for hydroxylation is 2. The summed E-state index contributed by atoms with van der Waals surface area (Å²) in [6.45, 7) is 7.71. The van der Waals surface area contributed by atoms with Crippen LogP contribution in [0.5, 0.6) is 0 Å². The second-order valence-electron chi connectivity index (χ2n) is 5.93. The molecule has 0 radical (unpaired) electrons. The Morgan fingerprint density at radius 1 is 1.10 bits per heavy atom. The van der Waals surface area contributed by atoms with Crippen LogP contribution in [0.1, 0.15) is 37.8 Å². The van der Waals surface area contributed by atoms with Gasteiger partial charge in [0.25, 0.3) is 0 Å². The van der Waals surface area contributed by atoms with Gasteiger partial charge in [-0.3, -0.25) is 9.59 Å². The summed E-state index contributed by atoms with van der Waals surface area (Å²) >= 11 is 0. The third-order valence-corrected chi connectivity index (χ3v) is 3.76. The highest BCUT2D eigenvalue weighted by atomic mass is 16.2. The first-order chi connectivity index (χ1) is 9.36. The lowest BCUT2D eigenvalue weighted by Crippen LogP contribution is -2.42. The van der Waals surface area contributed by atoms with Gasteiger partial charge in [0.15, 0.2) is 0 Å². The molecule has 0 aromatic heterocycles. The van der Waals surface area contributed by atoms with E-state index in [1.54, 1.807) is 0 Å². The molecule has 4 nitrogen and oxygen atoms in total. The van der Waals surface area contributed by atoms with E-state index in [1.165, 1.54) is 0 Å². The maximum Gasteiger partial charge on any atom is 0.240 e. The second kappa shape index (κ2) is 5.27. The van der Waals surface area contributed by atoms with Gasteiger partial charge in [0, 0.05) is 11.7 Å². The van der Waals surface area contributed by atoms with E-state index in [0.29, 0.717) is 12.8 Å². The van der Waals surface area contributed by atoms with Crippen LogP contribution in [0.25, 0.3) is 0 Å². The van der Waals surface area contributed by atoms with Crippen molar-refractivity contribution in [2.45, 2.75) is 46.6 Å². The number of nitrogens with one attached hydrogen (secondary N) is 2. The fourth-order valence-corrected chi connectivity index (χ4v) is 2.33. The maximum absolute atomic E-state index is 12.5. The van der Waals surface area contributed by atoms with E-state index in [4.69, 9.17) is 0 Å². The normalized spacial score (nSPS) is 15.8. The van der Waals surface area contributed by atoms with E-state index in [9.17, 15) is 9.59 Å². The quantitative estimate of drug-likeness (QED) is 0.829. The Morgan fingerprint density at radius 3 is 2.10 bits per heavy atom. The van der Waals surface area contributed by atoms with Crippen LogP contribution in [0, 0.1) is 19.3 Å². The van der Waals surface area contributed by atoms with Gasteiger partial charge in [-0.25, -0.2) is 0 Å². The van der Waals surface area contributed by atoms with Gasteiger partial charge in [0.2, 0.25) is 11.8 Å². The van der Waals surface area contributed by atoms with Gasteiger partial charge in [0.05, 0.1) is 0 Å². The van der Waals surface area contributed by atoms with Crippen molar-refractivity contribution in [3.8, 4) is 0 Å². The van der Waals surface area contributed by atoms with Crippen molar-refractivity contribution in [2.75, 3.05) is 5.32 Å². The van der Waals surface area contributed by atoms with E-state index < -0.39 is 5.41 Å². The van der Waals surface area contributed by atoms with Crippen LogP contribution in [0.15, 0.2) is 18.2 Å². The summed E-state index contributed by atoms with van der Waals surface area (Å²) in [6.07, 6.45) is 1.25. The van der Waals surface area contributed by atoms with Gasteiger partial charge in [-0.1, -0.05) is 18.2 Å². The number of hydrogen-bond acceptors (Lipinski definition) is 2. The molecular weight excluding hydrogens is 252 g/mol. The summed E-state index contributed by atoms with van der Waals surface area (Å²) in [5.74, 6) is -0.343. The van der Waals surface area contributed by atoms with E-state index in [-0.39, 0.29) is 17.9 Å². The van der Waals surface area contributed by atoms with Crippen molar-refractivity contribution in [1.82, 2.24) is 5.32 Å². The van der Waals surface area contributed by atoms with E-state index in [2.05, 4.69) is 10.6 Å². The zero-order chi connectivity index (χ0) is 14.9. The molecule has 4 heteroatoms. The molecule has 1 fully saturated rings. The second-order valence-corrected chi connectivity index (χ2v) is 5.93. The molecule has 0 spiro atoms. The van der Waals surface area contributed by atoms with Crippen molar-refractivity contribution < 1.29 is 9.59 Å². The average Bonchev–Trinajstić information content (AvgIpc) is 3.14. The molecule has 0 saturated heterocycles. The predicted octanol–water partition coefficient (Wildman–Crippen LogP) is 2.55. The predicted molar refractivity (Wildman–Crippen MR) is 79.5 cm³/mol. The Kier molecular flexibility index (Phi) is 3.84. The maximum atomic E-state index is 12.5. The minimum Gasteiger partial charge on any atom is -0.353 e. The molecule has 2 amide bonds. The van der Waals surface area contributed by atoms with Crippen molar-refractivity contribution in [3.05, 3.63) is 29.3 Å². The molecule has 0 atom stereocenters. The van der Waals surface area contributed by atoms with Crippen LogP contribution in [0.4, 0.5) is 5.69 Å². The lowest BCUT2D eigenvalue weighted by Gasteiger charge is -2.19. The molecular formula is C16H22N2O2. The molecule has 0 heterocycles.